The molecular formula is C19H14N4O5S3. The van der Waals surface area contributed by atoms with Gasteiger partial charge in [-0.3, -0.25) is 19.3 Å². The van der Waals surface area contributed by atoms with E-state index in [4.69, 9.17) is 17.4 Å². The van der Waals surface area contributed by atoms with E-state index < -0.39 is 27.7 Å². The Hall–Kier alpha value is -3.06. The third-order valence-corrected chi connectivity index (χ3v) is 6.70. The van der Waals surface area contributed by atoms with Crippen molar-refractivity contribution in [3.8, 4) is 0 Å². The normalized spacial score (nSPS) is 18.2. The third-order valence-electron chi connectivity index (χ3n) is 4.54. The number of para-hydroxylation sites is 1. The molecule has 2 aromatic rings. The number of primary sulfonamides is 1. The molecule has 2 heterocycles. The number of nitrogens with one attached hydrogen (secondary N) is 2. The zero-order valence-corrected chi connectivity index (χ0v) is 18.1. The van der Waals surface area contributed by atoms with Crippen LogP contribution in [0.3, 0.4) is 0 Å². The summed E-state index contributed by atoms with van der Waals surface area (Å²) in [7, 11) is -3.84. The molecule has 2 aliphatic heterocycles. The summed E-state index contributed by atoms with van der Waals surface area (Å²) < 4.78 is 22.9. The summed E-state index contributed by atoms with van der Waals surface area (Å²) in [6, 6.07) is 12.2. The molecule has 0 saturated carbocycles. The number of thiocarbonyl (C=S) groups is 1. The molecule has 158 valence electrons. The molecule has 12 heteroatoms. The molecule has 0 spiro atoms. The predicted molar refractivity (Wildman–Crippen MR) is 120 cm³/mol. The minimum Gasteiger partial charge on any atom is -0.325 e. The van der Waals surface area contributed by atoms with Crippen molar-refractivity contribution < 1.29 is 22.8 Å². The van der Waals surface area contributed by atoms with Crippen molar-refractivity contribution in [2.24, 2.45) is 5.14 Å². The molecule has 0 atom stereocenters. The van der Waals surface area contributed by atoms with E-state index in [-0.39, 0.29) is 26.2 Å². The van der Waals surface area contributed by atoms with Crippen LogP contribution in [0.1, 0.15) is 5.56 Å². The van der Waals surface area contributed by atoms with Gasteiger partial charge in [-0.25, -0.2) is 13.6 Å². The highest BCUT2D eigenvalue weighted by Crippen LogP contribution is 2.42. The average molecular weight is 475 g/mol. The van der Waals surface area contributed by atoms with Crippen LogP contribution in [-0.4, -0.2) is 37.0 Å². The van der Waals surface area contributed by atoms with Crippen LogP contribution in [0.5, 0.6) is 0 Å². The van der Waals surface area contributed by atoms with Crippen molar-refractivity contribution >= 4 is 73.0 Å². The molecule has 0 bridgehead atoms. The molecule has 0 aromatic heterocycles. The lowest BCUT2D eigenvalue weighted by Gasteiger charge is -2.16. The summed E-state index contributed by atoms with van der Waals surface area (Å²) >= 11 is 6.02. The SMILES string of the molecule is NS(=O)(=O)c1ccc(NC(=O)CN2C(=O)/C(=C3/SC(=S)NC3=O)c3ccccc32)cc1. The molecule has 2 aliphatic rings. The van der Waals surface area contributed by atoms with Gasteiger partial charge in [0.1, 0.15) is 10.9 Å². The average Bonchev–Trinajstić information content (AvgIpc) is 3.17. The van der Waals surface area contributed by atoms with Gasteiger partial charge >= 0.3 is 0 Å². The predicted octanol–water partition coefficient (Wildman–Crippen LogP) is 1.18. The summed E-state index contributed by atoms with van der Waals surface area (Å²) in [6.07, 6.45) is 0. The summed E-state index contributed by atoms with van der Waals surface area (Å²) in [6.45, 7) is -0.305. The van der Waals surface area contributed by atoms with Crippen molar-refractivity contribution in [3.63, 3.8) is 0 Å². The quantitative estimate of drug-likeness (QED) is 0.447. The summed E-state index contributed by atoms with van der Waals surface area (Å²) in [5.41, 5.74) is 1.58. The lowest BCUT2D eigenvalue weighted by Crippen LogP contribution is -2.35. The Morgan fingerprint density at radius 2 is 1.81 bits per heavy atom. The van der Waals surface area contributed by atoms with Gasteiger partial charge in [0, 0.05) is 11.3 Å². The van der Waals surface area contributed by atoms with E-state index in [0.29, 0.717) is 16.9 Å². The first-order valence-electron chi connectivity index (χ1n) is 8.76. The van der Waals surface area contributed by atoms with Crippen molar-refractivity contribution in [3.05, 3.63) is 59.0 Å². The van der Waals surface area contributed by atoms with Crippen molar-refractivity contribution in [1.82, 2.24) is 5.32 Å². The number of carbonyl (C=O) groups is 3. The molecule has 1 fully saturated rings. The number of benzene rings is 2. The Morgan fingerprint density at radius 1 is 1.13 bits per heavy atom. The fraction of sp³-hybridized carbons (Fsp3) is 0.0526. The number of amides is 3. The fourth-order valence-electron chi connectivity index (χ4n) is 3.21. The van der Waals surface area contributed by atoms with Gasteiger partial charge in [-0.1, -0.05) is 42.2 Å². The molecule has 2 aromatic carbocycles. The van der Waals surface area contributed by atoms with E-state index in [0.717, 1.165) is 11.8 Å². The molecule has 4 N–H and O–H groups in total. The Balaban J connectivity index is 1.58. The second-order valence-electron chi connectivity index (χ2n) is 6.57. The molecular weight excluding hydrogens is 460 g/mol. The van der Waals surface area contributed by atoms with Crippen LogP contribution < -0.4 is 20.7 Å². The third kappa shape index (κ3) is 4.10. The summed E-state index contributed by atoms with van der Waals surface area (Å²) in [4.78, 5) is 39.3. The molecule has 4 rings (SSSR count). The number of hydrogen-bond acceptors (Lipinski definition) is 7. The monoisotopic (exact) mass is 474 g/mol. The number of sulfonamides is 1. The Bertz CT molecular complexity index is 1290. The van der Waals surface area contributed by atoms with Gasteiger partial charge in [0.05, 0.1) is 21.1 Å². The van der Waals surface area contributed by atoms with Crippen molar-refractivity contribution in [1.29, 1.82) is 0 Å². The standard InChI is InChI=1S/C19H14N4O5S3/c20-31(27,28)11-7-5-10(6-8-11)21-14(24)9-23-13-4-2-1-3-12(13)15(18(23)26)16-17(25)22-19(29)30-16/h1-8H,9H2,(H,21,24)(H2,20,27,28)(H,22,25,29)/b16-15+. The van der Waals surface area contributed by atoms with Crippen LogP contribution in [-0.2, 0) is 24.4 Å². The molecule has 1 saturated heterocycles. The van der Waals surface area contributed by atoms with Gasteiger partial charge < -0.3 is 10.6 Å². The number of nitrogens with two attached hydrogens (primary N) is 1. The lowest BCUT2D eigenvalue weighted by molar-refractivity contribution is -0.118. The second-order valence-corrected chi connectivity index (χ2v) is 9.82. The van der Waals surface area contributed by atoms with Gasteiger partial charge in [0.15, 0.2) is 0 Å². The minimum absolute atomic E-state index is 0.0873. The van der Waals surface area contributed by atoms with Crippen LogP contribution >= 0.6 is 24.0 Å². The number of rotatable bonds is 4. The zero-order chi connectivity index (χ0) is 22.3. The Morgan fingerprint density at radius 3 is 2.42 bits per heavy atom. The van der Waals surface area contributed by atoms with Gasteiger partial charge in [-0.05, 0) is 30.3 Å². The topological polar surface area (TPSA) is 139 Å². The minimum atomic E-state index is -3.84. The first-order valence-corrected chi connectivity index (χ1v) is 11.5. The van der Waals surface area contributed by atoms with Crippen LogP contribution in [0.2, 0.25) is 0 Å². The zero-order valence-electron chi connectivity index (χ0n) is 15.6. The van der Waals surface area contributed by atoms with Crippen molar-refractivity contribution in [2.75, 3.05) is 16.8 Å². The number of hydrogen-bond donors (Lipinski definition) is 3. The number of nitrogens with zero attached hydrogens (tertiary/aromatic N) is 1. The van der Waals surface area contributed by atoms with Crippen LogP contribution in [0.4, 0.5) is 11.4 Å². The molecule has 31 heavy (non-hydrogen) atoms. The van der Waals surface area contributed by atoms with Crippen LogP contribution in [0, 0.1) is 0 Å². The van der Waals surface area contributed by atoms with Crippen molar-refractivity contribution in [2.45, 2.75) is 4.90 Å². The highest BCUT2D eigenvalue weighted by Gasteiger charge is 2.39. The molecule has 0 radical (unpaired) electrons. The smallest absolute Gasteiger partial charge is 0.264 e. The van der Waals surface area contributed by atoms with E-state index in [9.17, 15) is 22.8 Å². The van der Waals surface area contributed by atoms with E-state index in [1.807, 2.05) is 0 Å². The Labute approximate surface area is 186 Å². The van der Waals surface area contributed by atoms with Gasteiger partial charge in [-0.15, -0.1) is 0 Å². The lowest BCUT2D eigenvalue weighted by atomic mass is 10.1. The second kappa shape index (κ2) is 7.89. The highest BCUT2D eigenvalue weighted by atomic mass is 32.2. The molecule has 9 nitrogen and oxygen atoms in total. The maximum Gasteiger partial charge on any atom is 0.264 e. The van der Waals surface area contributed by atoms with Crippen LogP contribution in [0.15, 0.2) is 58.3 Å². The number of fused-ring (bicyclic) bond motifs is 1. The largest absolute Gasteiger partial charge is 0.325 e. The van der Waals surface area contributed by atoms with E-state index in [1.54, 1.807) is 24.3 Å². The van der Waals surface area contributed by atoms with Gasteiger partial charge in [0.25, 0.3) is 11.8 Å². The highest BCUT2D eigenvalue weighted by molar-refractivity contribution is 8.27. The van der Waals surface area contributed by atoms with E-state index in [1.165, 1.54) is 29.2 Å². The first kappa shape index (κ1) is 21.2. The molecule has 0 unspecified atom stereocenters. The van der Waals surface area contributed by atoms with Gasteiger partial charge in [-0.2, -0.15) is 0 Å². The first-order chi connectivity index (χ1) is 14.6. The summed E-state index contributed by atoms with van der Waals surface area (Å²) in [5.74, 6) is -1.44. The maximum atomic E-state index is 13.1. The maximum absolute atomic E-state index is 13.1. The fourth-order valence-corrected chi connectivity index (χ4v) is 4.84. The number of carbonyl (C=O) groups excluding carboxylic acids is 3. The molecule has 3 amide bonds. The Kier molecular flexibility index (Phi) is 5.39. The number of thioether (sulfide) groups is 1. The molecule has 0 aliphatic carbocycles. The number of anilines is 2. The van der Waals surface area contributed by atoms with Gasteiger partial charge in [0.2, 0.25) is 15.9 Å². The van der Waals surface area contributed by atoms with E-state index in [2.05, 4.69) is 10.6 Å². The van der Waals surface area contributed by atoms with Crippen LogP contribution in [0.25, 0.3) is 5.57 Å². The summed E-state index contributed by atoms with van der Waals surface area (Å²) in [5, 5.41) is 10.2. The van der Waals surface area contributed by atoms with E-state index >= 15 is 0 Å².